The number of alkyl halides is 2. The highest BCUT2D eigenvalue weighted by molar-refractivity contribution is 5.86. The fourth-order valence-corrected chi connectivity index (χ4v) is 1.30. The highest BCUT2D eigenvalue weighted by atomic mass is 19.3. The van der Waals surface area contributed by atoms with Crippen LogP contribution >= 0.6 is 0 Å². The standard InChI is InChI=1S/C9H6F2N2O/c10-9(11)13-8-2-1-6(5-14)3-7(8)4-12-13/h1-5,9H. The van der Waals surface area contributed by atoms with Gasteiger partial charge in [0, 0.05) is 10.9 Å². The zero-order valence-electron chi connectivity index (χ0n) is 7.02. The Bertz CT molecular complexity index is 479. The van der Waals surface area contributed by atoms with Crippen LogP contribution in [0, 0.1) is 0 Å². The van der Waals surface area contributed by atoms with Crippen molar-refractivity contribution < 1.29 is 13.6 Å². The second-order valence-electron chi connectivity index (χ2n) is 2.80. The molecule has 0 spiro atoms. The summed E-state index contributed by atoms with van der Waals surface area (Å²) in [5.41, 5.74) is 0.775. The van der Waals surface area contributed by atoms with Gasteiger partial charge in [-0.25, -0.2) is 4.68 Å². The van der Waals surface area contributed by atoms with Crippen molar-refractivity contribution in [2.24, 2.45) is 0 Å². The van der Waals surface area contributed by atoms with E-state index in [4.69, 9.17) is 0 Å². The molecule has 72 valence electrons. The summed E-state index contributed by atoms with van der Waals surface area (Å²) < 4.78 is 25.3. The van der Waals surface area contributed by atoms with Crippen LogP contribution in [-0.4, -0.2) is 16.1 Å². The van der Waals surface area contributed by atoms with Crippen molar-refractivity contribution in [2.75, 3.05) is 0 Å². The van der Waals surface area contributed by atoms with E-state index in [1.807, 2.05) is 0 Å². The molecule has 2 aromatic rings. The van der Waals surface area contributed by atoms with Crippen LogP contribution in [0.1, 0.15) is 16.9 Å². The molecular formula is C9H6F2N2O. The van der Waals surface area contributed by atoms with Crippen molar-refractivity contribution in [3.05, 3.63) is 30.0 Å². The largest absolute Gasteiger partial charge is 0.333 e. The maximum Gasteiger partial charge on any atom is 0.333 e. The smallest absolute Gasteiger partial charge is 0.298 e. The number of benzene rings is 1. The van der Waals surface area contributed by atoms with Crippen LogP contribution in [0.15, 0.2) is 24.4 Å². The van der Waals surface area contributed by atoms with Gasteiger partial charge in [-0.3, -0.25) is 4.79 Å². The Morgan fingerprint density at radius 2 is 2.21 bits per heavy atom. The maximum absolute atomic E-state index is 12.3. The molecule has 0 aliphatic heterocycles. The van der Waals surface area contributed by atoms with Gasteiger partial charge in [-0.15, -0.1) is 0 Å². The van der Waals surface area contributed by atoms with Crippen molar-refractivity contribution in [1.29, 1.82) is 0 Å². The van der Waals surface area contributed by atoms with E-state index in [9.17, 15) is 13.6 Å². The number of nitrogens with zero attached hydrogens (tertiary/aromatic N) is 2. The molecule has 1 aromatic carbocycles. The molecule has 14 heavy (non-hydrogen) atoms. The summed E-state index contributed by atoms with van der Waals surface area (Å²) >= 11 is 0. The van der Waals surface area contributed by atoms with E-state index in [0.717, 1.165) is 0 Å². The number of hydrogen-bond donors (Lipinski definition) is 0. The fraction of sp³-hybridized carbons (Fsp3) is 0.111. The average molecular weight is 196 g/mol. The summed E-state index contributed by atoms with van der Waals surface area (Å²) in [6.45, 7) is -2.66. The zero-order valence-corrected chi connectivity index (χ0v) is 7.02. The molecule has 0 saturated carbocycles. The normalized spacial score (nSPS) is 11.1. The van der Waals surface area contributed by atoms with Crippen LogP contribution in [0.2, 0.25) is 0 Å². The Kier molecular flexibility index (Phi) is 1.99. The van der Waals surface area contributed by atoms with Crippen molar-refractivity contribution >= 4 is 17.2 Å². The van der Waals surface area contributed by atoms with Crippen molar-refractivity contribution in [2.45, 2.75) is 6.55 Å². The minimum absolute atomic E-state index is 0.325. The number of fused-ring (bicyclic) bond motifs is 1. The van der Waals surface area contributed by atoms with Gasteiger partial charge in [-0.1, -0.05) is 0 Å². The monoisotopic (exact) mass is 196 g/mol. The summed E-state index contributed by atoms with van der Waals surface area (Å²) in [6, 6.07) is 4.46. The van der Waals surface area contributed by atoms with Crippen LogP contribution in [0.4, 0.5) is 8.78 Å². The Balaban J connectivity index is 2.65. The molecule has 0 bridgehead atoms. The summed E-state index contributed by atoms with van der Waals surface area (Å²) in [7, 11) is 0. The third-order valence-corrected chi connectivity index (χ3v) is 1.94. The van der Waals surface area contributed by atoms with Gasteiger partial charge in [0.1, 0.15) is 6.29 Å². The fourth-order valence-electron chi connectivity index (χ4n) is 1.30. The summed E-state index contributed by atoms with van der Waals surface area (Å²) in [5.74, 6) is 0. The van der Waals surface area contributed by atoms with Gasteiger partial charge in [0.2, 0.25) is 0 Å². The molecule has 0 saturated heterocycles. The molecule has 2 rings (SSSR count). The lowest BCUT2D eigenvalue weighted by Crippen LogP contribution is -1.99. The van der Waals surface area contributed by atoms with Gasteiger partial charge < -0.3 is 0 Å². The zero-order chi connectivity index (χ0) is 10.1. The topological polar surface area (TPSA) is 34.9 Å². The average Bonchev–Trinajstić information content (AvgIpc) is 2.59. The highest BCUT2D eigenvalue weighted by Gasteiger charge is 2.10. The van der Waals surface area contributed by atoms with Crippen molar-refractivity contribution in [3.63, 3.8) is 0 Å². The summed E-state index contributed by atoms with van der Waals surface area (Å²) in [6.07, 6.45) is 1.98. The molecule has 0 aliphatic rings. The first kappa shape index (κ1) is 8.80. The van der Waals surface area contributed by atoms with Gasteiger partial charge in [-0.2, -0.15) is 13.9 Å². The predicted molar refractivity (Wildman–Crippen MR) is 46.4 cm³/mol. The molecule has 0 N–H and O–H groups in total. The SMILES string of the molecule is O=Cc1ccc2c(cnn2C(F)F)c1. The van der Waals surface area contributed by atoms with E-state index < -0.39 is 6.55 Å². The predicted octanol–water partition coefficient (Wildman–Crippen LogP) is 2.24. The van der Waals surface area contributed by atoms with E-state index in [0.29, 0.717) is 27.4 Å². The molecule has 0 atom stereocenters. The second-order valence-corrected chi connectivity index (χ2v) is 2.80. The minimum atomic E-state index is -2.66. The molecular weight excluding hydrogens is 190 g/mol. The Labute approximate surface area is 77.9 Å². The molecule has 0 radical (unpaired) electrons. The van der Waals surface area contributed by atoms with Crippen LogP contribution in [0.25, 0.3) is 10.9 Å². The molecule has 0 aliphatic carbocycles. The maximum atomic E-state index is 12.3. The highest BCUT2D eigenvalue weighted by Crippen LogP contribution is 2.20. The van der Waals surface area contributed by atoms with Crippen molar-refractivity contribution in [1.82, 2.24) is 9.78 Å². The van der Waals surface area contributed by atoms with E-state index in [1.54, 1.807) is 0 Å². The number of aldehydes is 1. The lowest BCUT2D eigenvalue weighted by atomic mass is 10.2. The lowest BCUT2D eigenvalue weighted by Gasteiger charge is -2.00. The third kappa shape index (κ3) is 1.26. The minimum Gasteiger partial charge on any atom is -0.298 e. The molecule has 0 unspecified atom stereocenters. The number of aromatic nitrogens is 2. The molecule has 0 fully saturated rings. The number of carbonyl (C=O) groups excluding carboxylic acids is 1. The number of hydrogen-bond acceptors (Lipinski definition) is 2. The van der Waals surface area contributed by atoms with Gasteiger partial charge >= 0.3 is 6.55 Å². The first-order chi connectivity index (χ1) is 6.72. The number of carbonyl (C=O) groups is 1. The lowest BCUT2D eigenvalue weighted by molar-refractivity contribution is 0.0615. The summed E-state index contributed by atoms with van der Waals surface area (Å²) in [5, 5.41) is 4.06. The van der Waals surface area contributed by atoms with Gasteiger partial charge in [0.05, 0.1) is 11.7 Å². The summed E-state index contributed by atoms with van der Waals surface area (Å²) in [4.78, 5) is 10.4. The van der Waals surface area contributed by atoms with Crippen LogP contribution in [-0.2, 0) is 0 Å². The molecule has 0 amide bonds. The first-order valence-corrected chi connectivity index (χ1v) is 3.93. The molecule has 1 aromatic heterocycles. The van der Waals surface area contributed by atoms with Crippen LogP contribution in [0.5, 0.6) is 0 Å². The van der Waals surface area contributed by atoms with Crippen LogP contribution < -0.4 is 0 Å². The second kappa shape index (κ2) is 3.17. The van der Waals surface area contributed by atoms with E-state index in [2.05, 4.69) is 5.10 Å². The van der Waals surface area contributed by atoms with Gasteiger partial charge in [-0.05, 0) is 18.2 Å². The Hall–Kier alpha value is -1.78. The quantitative estimate of drug-likeness (QED) is 0.690. The van der Waals surface area contributed by atoms with Gasteiger partial charge in [0.25, 0.3) is 0 Å². The molecule has 1 heterocycles. The molecule has 5 heteroatoms. The Morgan fingerprint density at radius 1 is 1.43 bits per heavy atom. The van der Waals surface area contributed by atoms with E-state index in [1.165, 1.54) is 24.4 Å². The molecule has 3 nitrogen and oxygen atoms in total. The van der Waals surface area contributed by atoms with E-state index in [-0.39, 0.29) is 0 Å². The number of rotatable bonds is 2. The van der Waals surface area contributed by atoms with Crippen LogP contribution in [0.3, 0.4) is 0 Å². The number of halogens is 2. The Morgan fingerprint density at radius 3 is 2.86 bits per heavy atom. The third-order valence-electron chi connectivity index (χ3n) is 1.94. The first-order valence-electron chi connectivity index (χ1n) is 3.93. The van der Waals surface area contributed by atoms with E-state index >= 15 is 0 Å². The van der Waals surface area contributed by atoms with Crippen molar-refractivity contribution in [3.8, 4) is 0 Å². The van der Waals surface area contributed by atoms with Gasteiger partial charge in [0.15, 0.2) is 0 Å².